The Balaban J connectivity index is 2.21. The third-order valence-corrected chi connectivity index (χ3v) is 3.13. The van der Waals surface area contributed by atoms with Crippen LogP contribution >= 0.6 is 0 Å². The Labute approximate surface area is 103 Å². The van der Waals surface area contributed by atoms with Crippen molar-refractivity contribution < 1.29 is 0 Å². The summed E-state index contributed by atoms with van der Waals surface area (Å²) in [6.07, 6.45) is 4.82. The normalized spacial score (nSPS) is 16.0. The Kier molecular flexibility index (Phi) is 4.18. The standard InChI is InChI=1S/C13H22N4/c1-3-11-10-12(14-4-2)16-13(15-11)17-8-6-5-7-9-17/h10H,3-9H2,1-2H3,(H,14,15,16). The second kappa shape index (κ2) is 5.84. The van der Waals surface area contributed by atoms with Crippen LogP contribution in [0.1, 0.15) is 38.8 Å². The van der Waals surface area contributed by atoms with Crippen molar-refractivity contribution in [2.24, 2.45) is 0 Å². The van der Waals surface area contributed by atoms with Gasteiger partial charge in [0.25, 0.3) is 0 Å². The Bertz CT molecular complexity index is 358. The molecule has 0 bridgehead atoms. The van der Waals surface area contributed by atoms with Crippen LogP contribution in [0.3, 0.4) is 0 Å². The fraction of sp³-hybridized carbons (Fsp3) is 0.692. The predicted octanol–water partition coefficient (Wildman–Crippen LogP) is 2.46. The zero-order valence-corrected chi connectivity index (χ0v) is 10.9. The van der Waals surface area contributed by atoms with Crippen LogP contribution in [-0.4, -0.2) is 29.6 Å². The fourth-order valence-corrected chi connectivity index (χ4v) is 2.17. The lowest BCUT2D eigenvalue weighted by molar-refractivity contribution is 0.567. The van der Waals surface area contributed by atoms with Gasteiger partial charge in [-0.3, -0.25) is 0 Å². The molecule has 1 aromatic heterocycles. The van der Waals surface area contributed by atoms with Gasteiger partial charge in [0.05, 0.1) is 0 Å². The van der Waals surface area contributed by atoms with E-state index in [1.165, 1.54) is 19.3 Å². The van der Waals surface area contributed by atoms with Crippen molar-refractivity contribution in [2.75, 3.05) is 29.9 Å². The molecular weight excluding hydrogens is 212 g/mol. The van der Waals surface area contributed by atoms with E-state index in [9.17, 15) is 0 Å². The van der Waals surface area contributed by atoms with Crippen LogP contribution < -0.4 is 10.2 Å². The number of nitrogens with zero attached hydrogens (tertiary/aromatic N) is 3. The largest absolute Gasteiger partial charge is 0.370 e. The molecular formula is C13H22N4. The number of aryl methyl sites for hydroxylation is 1. The first-order valence-electron chi connectivity index (χ1n) is 6.70. The van der Waals surface area contributed by atoms with E-state index in [1.807, 2.05) is 0 Å². The Morgan fingerprint density at radius 2 is 1.94 bits per heavy atom. The lowest BCUT2D eigenvalue weighted by atomic mass is 10.1. The van der Waals surface area contributed by atoms with E-state index in [2.05, 4.69) is 40.1 Å². The summed E-state index contributed by atoms with van der Waals surface area (Å²) in [4.78, 5) is 11.5. The molecule has 2 heterocycles. The quantitative estimate of drug-likeness (QED) is 0.869. The van der Waals surface area contributed by atoms with Crippen LogP contribution in [0.25, 0.3) is 0 Å². The molecule has 94 valence electrons. The molecule has 4 nitrogen and oxygen atoms in total. The smallest absolute Gasteiger partial charge is 0.227 e. The van der Waals surface area contributed by atoms with Gasteiger partial charge in [-0.1, -0.05) is 6.92 Å². The van der Waals surface area contributed by atoms with Gasteiger partial charge in [-0.15, -0.1) is 0 Å². The van der Waals surface area contributed by atoms with Gasteiger partial charge in [0.1, 0.15) is 5.82 Å². The van der Waals surface area contributed by atoms with Gasteiger partial charge in [0.15, 0.2) is 0 Å². The highest BCUT2D eigenvalue weighted by Gasteiger charge is 2.14. The highest BCUT2D eigenvalue weighted by Crippen LogP contribution is 2.18. The highest BCUT2D eigenvalue weighted by atomic mass is 15.3. The highest BCUT2D eigenvalue weighted by molar-refractivity contribution is 5.44. The fourth-order valence-electron chi connectivity index (χ4n) is 2.17. The first-order chi connectivity index (χ1) is 8.33. The van der Waals surface area contributed by atoms with Crippen molar-refractivity contribution in [2.45, 2.75) is 39.5 Å². The molecule has 0 spiro atoms. The molecule has 17 heavy (non-hydrogen) atoms. The second-order valence-corrected chi connectivity index (χ2v) is 4.48. The summed E-state index contributed by atoms with van der Waals surface area (Å²) in [5.74, 6) is 1.86. The zero-order valence-electron chi connectivity index (χ0n) is 10.9. The maximum absolute atomic E-state index is 4.63. The van der Waals surface area contributed by atoms with Crippen molar-refractivity contribution in [3.63, 3.8) is 0 Å². The minimum atomic E-state index is 0.902. The summed E-state index contributed by atoms with van der Waals surface area (Å²) in [7, 11) is 0. The topological polar surface area (TPSA) is 41.1 Å². The van der Waals surface area contributed by atoms with Crippen molar-refractivity contribution >= 4 is 11.8 Å². The van der Waals surface area contributed by atoms with Crippen LogP contribution in [0.15, 0.2) is 6.07 Å². The summed E-state index contributed by atoms with van der Waals surface area (Å²) in [6.45, 7) is 7.32. The summed E-state index contributed by atoms with van der Waals surface area (Å²) in [5, 5.41) is 3.28. The number of piperidine rings is 1. The number of nitrogens with one attached hydrogen (secondary N) is 1. The monoisotopic (exact) mass is 234 g/mol. The minimum absolute atomic E-state index is 0.902. The number of aromatic nitrogens is 2. The van der Waals surface area contributed by atoms with Crippen molar-refractivity contribution in [1.29, 1.82) is 0 Å². The van der Waals surface area contributed by atoms with Gasteiger partial charge in [-0.25, -0.2) is 4.98 Å². The molecule has 1 aromatic rings. The summed E-state index contributed by atoms with van der Waals surface area (Å²) in [6, 6.07) is 2.05. The van der Waals surface area contributed by atoms with Gasteiger partial charge in [0.2, 0.25) is 5.95 Å². The second-order valence-electron chi connectivity index (χ2n) is 4.48. The van der Waals surface area contributed by atoms with Crippen LogP contribution in [0.2, 0.25) is 0 Å². The van der Waals surface area contributed by atoms with E-state index >= 15 is 0 Å². The predicted molar refractivity (Wildman–Crippen MR) is 71.6 cm³/mol. The maximum atomic E-state index is 4.63. The van der Waals surface area contributed by atoms with Gasteiger partial charge in [-0.2, -0.15) is 4.98 Å². The Morgan fingerprint density at radius 3 is 2.59 bits per heavy atom. The van der Waals surface area contributed by atoms with Crippen LogP contribution in [-0.2, 0) is 6.42 Å². The molecule has 0 radical (unpaired) electrons. The molecule has 1 fully saturated rings. The Morgan fingerprint density at radius 1 is 1.18 bits per heavy atom. The number of hydrogen-bond acceptors (Lipinski definition) is 4. The molecule has 2 rings (SSSR count). The van der Waals surface area contributed by atoms with E-state index in [0.717, 1.165) is 43.5 Å². The van der Waals surface area contributed by atoms with E-state index in [0.29, 0.717) is 0 Å². The third-order valence-electron chi connectivity index (χ3n) is 3.13. The van der Waals surface area contributed by atoms with Crippen LogP contribution in [0.4, 0.5) is 11.8 Å². The molecule has 0 saturated carbocycles. The van der Waals surface area contributed by atoms with Gasteiger partial charge >= 0.3 is 0 Å². The number of rotatable bonds is 4. The zero-order chi connectivity index (χ0) is 12.1. The van der Waals surface area contributed by atoms with Crippen molar-refractivity contribution in [1.82, 2.24) is 9.97 Å². The molecule has 1 N–H and O–H groups in total. The van der Waals surface area contributed by atoms with Gasteiger partial charge < -0.3 is 10.2 Å². The number of hydrogen-bond donors (Lipinski definition) is 1. The van der Waals surface area contributed by atoms with Crippen LogP contribution in [0, 0.1) is 0 Å². The average Bonchev–Trinajstić information content (AvgIpc) is 2.40. The average molecular weight is 234 g/mol. The molecule has 0 atom stereocenters. The summed E-state index contributed by atoms with van der Waals surface area (Å²) < 4.78 is 0. The first-order valence-corrected chi connectivity index (χ1v) is 6.70. The third kappa shape index (κ3) is 3.08. The van der Waals surface area contributed by atoms with Crippen molar-refractivity contribution in [3.05, 3.63) is 11.8 Å². The van der Waals surface area contributed by atoms with E-state index in [-0.39, 0.29) is 0 Å². The molecule has 0 aromatic carbocycles. The van der Waals surface area contributed by atoms with Gasteiger partial charge in [0, 0.05) is 31.4 Å². The maximum Gasteiger partial charge on any atom is 0.227 e. The summed E-state index contributed by atoms with van der Waals surface area (Å²) >= 11 is 0. The van der Waals surface area contributed by atoms with E-state index in [1.54, 1.807) is 0 Å². The molecule has 1 saturated heterocycles. The van der Waals surface area contributed by atoms with E-state index in [4.69, 9.17) is 0 Å². The van der Waals surface area contributed by atoms with Crippen LogP contribution in [0.5, 0.6) is 0 Å². The Hall–Kier alpha value is -1.32. The molecule has 1 aliphatic heterocycles. The van der Waals surface area contributed by atoms with E-state index < -0.39 is 0 Å². The number of anilines is 2. The molecule has 0 amide bonds. The molecule has 0 aliphatic carbocycles. The first kappa shape index (κ1) is 12.1. The molecule has 0 unspecified atom stereocenters. The molecule has 1 aliphatic rings. The lowest BCUT2D eigenvalue weighted by Crippen LogP contribution is -2.31. The lowest BCUT2D eigenvalue weighted by Gasteiger charge is -2.27. The van der Waals surface area contributed by atoms with Gasteiger partial charge in [-0.05, 0) is 32.6 Å². The SMILES string of the molecule is CCNc1cc(CC)nc(N2CCCCC2)n1. The van der Waals surface area contributed by atoms with Crippen molar-refractivity contribution in [3.8, 4) is 0 Å². The minimum Gasteiger partial charge on any atom is -0.370 e. The molecule has 4 heteroatoms. The summed E-state index contributed by atoms with van der Waals surface area (Å²) in [5.41, 5.74) is 1.12.